The quantitative estimate of drug-likeness (QED) is 0.852. The highest BCUT2D eigenvalue weighted by molar-refractivity contribution is 9.10. The molecule has 0 radical (unpaired) electrons. The third kappa shape index (κ3) is 2.92. The molecule has 0 spiro atoms. The lowest BCUT2D eigenvalue weighted by Crippen LogP contribution is -2.07. The maximum absolute atomic E-state index is 11.5. The van der Waals surface area contributed by atoms with Crippen molar-refractivity contribution in [2.24, 2.45) is 0 Å². The SMILES string of the molecule is CCOc1nc(S(=O)(=O)CC)ccc1Br. The van der Waals surface area contributed by atoms with Gasteiger partial charge in [0.25, 0.3) is 0 Å². The maximum Gasteiger partial charge on any atom is 0.229 e. The molecule has 1 rings (SSSR count). The van der Waals surface area contributed by atoms with Gasteiger partial charge in [0.15, 0.2) is 14.9 Å². The highest BCUT2D eigenvalue weighted by atomic mass is 79.9. The third-order valence-corrected chi connectivity index (χ3v) is 4.00. The summed E-state index contributed by atoms with van der Waals surface area (Å²) in [7, 11) is -3.27. The Hall–Kier alpha value is -0.620. The molecule has 0 amide bonds. The van der Waals surface area contributed by atoms with E-state index in [1.54, 1.807) is 13.0 Å². The molecule has 0 aromatic carbocycles. The number of pyridine rings is 1. The molecule has 1 aromatic rings. The van der Waals surface area contributed by atoms with Gasteiger partial charge < -0.3 is 4.74 Å². The van der Waals surface area contributed by atoms with Crippen LogP contribution in [0.15, 0.2) is 21.6 Å². The van der Waals surface area contributed by atoms with Gasteiger partial charge in [-0.2, -0.15) is 0 Å². The van der Waals surface area contributed by atoms with Crippen molar-refractivity contribution in [2.45, 2.75) is 18.9 Å². The van der Waals surface area contributed by atoms with Crippen molar-refractivity contribution in [1.82, 2.24) is 4.98 Å². The van der Waals surface area contributed by atoms with Gasteiger partial charge in [-0.3, -0.25) is 0 Å². The molecule has 1 aromatic heterocycles. The van der Waals surface area contributed by atoms with Crippen LogP contribution in [0.3, 0.4) is 0 Å². The zero-order valence-electron chi connectivity index (χ0n) is 8.53. The van der Waals surface area contributed by atoms with Crippen LogP contribution in [0, 0.1) is 0 Å². The normalized spacial score (nSPS) is 11.4. The number of hydrogen-bond acceptors (Lipinski definition) is 4. The second-order valence-corrected chi connectivity index (χ2v) is 5.85. The Labute approximate surface area is 97.7 Å². The van der Waals surface area contributed by atoms with Crippen molar-refractivity contribution in [2.75, 3.05) is 12.4 Å². The van der Waals surface area contributed by atoms with E-state index < -0.39 is 9.84 Å². The summed E-state index contributed by atoms with van der Waals surface area (Å²) in [4.78, 5) is 3.95. The molecule has 0 saturated heterocycles. The van der Waals surface area contributed by atoms with Crippen LogP contribution >= 0.6 is 15.9 Å². The molecule has 0 aliphatic heterocycles. The summed E-state index contributed by atoms with van der Waals surface area (Å²) in [5.74, 6) is 0.347. The smallest absolute Gasteiger partial charge is 0.229 e. The van der Waals surface area contributed by atoms with Crippen LogP contribution in [0.1, 0.15) is 13.8 Å². The van der Waals surface area contributed by atoms with Gasteiger partial charge in [-0.05, 0) is 35.0 Å². The van der Waals surface area contributed by atoms with Crippen molar-refractivity contribution < 1.29 is 13.2 Å². The van der Waals surface area contributed by atoms with Crippen LogP contribution in [-0.4, -0.2) is 25.8 Å². The van der Waals surface area contributed by atoms with Crippen molar-refractivity contribution in [1.29, 1.82) is 0 Å². The van der Waals surface area contributed by atoms with Crippen LogP contribution in [0.25, 0.3) is 0 Å². The first-order valence-corrected chi connectivity index (χ1v) is 6.98. The molecule has 15 heavy (non-hydrogen) atoms. The zero-order chi connectivity index (χ0) is 11.5. The minimum absolute atomic E-state index is 0.0349. The minimum Gasteiger partial charge on any atom is -0.477 e. The second-order valence-electron chi connectivity index (χ2n) is 2.77. The Morgan fingerprint density at radius 2 is 2.07 bits per heavy atom. The van der Waals surface area contributed by atoms with E-state index >= 15 is 0 Å². The van der Waals surface area contributed by atoms with Gasteiger partial charge in [0.1, 0.15) is 0 Å². The van der Waals surface area contributed by atoms with Gasteiger partial charge >= 0.3 is 0 Å². The molecule has 0 fully saturated rings. The van der Waals surface area contributed by atoms with E-state index in [2.05, 4.69) is 20.9 Å². The van der Waals surface area contributed by atoms with E-state index in [-0.39, 0.29) is 10.8 Å². The first-order valence-electron chi connectivity index (χ1n) is 4.53. The van der Waals surface area contributed by atoms with Crippen molar-refractivity contribution >= 4 is 25.8 Å². The van der Waals surface area contributed by atoms with Gasteiger partial charge in [0, 0.05) is 0 Å². The fraction of sp³-hybridized carbons (Fsp3) is 0.444. The molecule has 84 valence electrons. The van der Waals surface area contributed by atoms with Crippen LogP contribution in [0.5, 0.6) is 5.88 Å². The summed E-state index contributed by atoms with van der Waals surface area (Å²) in [6.45, 7) is 3.84. The van der Waals surface area contributed by atoms with Gasteiger partial charge in [-0.25, -0.2) is 13.4 Å². The lowest BCUT2D eigenvalue weighted by molar-refractivity contribution is 0.321. The van der Waals surface area contributed by atoms with Crippen LogP contribution in [-0.2, 0) is 9.84 Å². The predicted octanol–water partition coefficient (Wildman–Crippen LogP) is 2.04. The molecule has 0 unspecified atom stereocenters. The summed E-state index contributed by atoms with van der Waals surface area (Å²) in [5.41, 5.74) is 0. The molecular weight excluding hydrogens is 282 g/mol. The highest BCUT2D eigenvalue weighted by Crippen LogP contribution is 2.24. The molecule has 0 bridgehead atoms. The molecule has 0 aliphatic carbocycles. The lowest BCUT2D eigenvalue weighted by atomic mass is 10.5. The topological polar surface area (TPSA) is 56.3 Å². The van der Waals surface area contributed by atoms with Crippen LogP contribution in [0.2, 0.25) is 0 Å². The fourth-order valence-corrected chi connectivity index (χ4v) is 2.09. The Bertz CT molecular complexity index is 445. The van der Waals surface area contributed by atoms with Gasteiger partial charge in [0.2, 0.25) is 5.88 Å². The highest BCUT2D eigenvalue weighted by Gasteiger charge is 2.15. The summed E-state index contributed by atoms with van der Waals surface area (Å²) >= 11 is 3.24. The summed E-state index contributed by atoms with van der Waals surface area (Å²) in [6.07, 6.45) is 0. The molecule has 0 atom stereocenters. The van der Waals surface area contributed by atoms with E-state index in [9.17, 15) is 8.42 Å². The summed E-state index contributed by atoms with van der Waals surface area (Å²) in [6, 6.07) is 3.09. The van der Waals surface area contributed by atoms with E-state index in [0.29, 0.717) is 17.0 Å². The number of nitrogens with zero attached hydrogens (tertiary/aromatic N) is 1. The standard InChI is InChI=1S/C9H12BrNO3S/c1-3-14-9-7(10)5-6-8(11-9)15(12,13)4-2/h5-6H,3-4H2,1-2H3. The monoisotopic (exact) mass is 293 g/mol. The summed E-state index contributed by atoms with van der Waals surface area (Å²) in [5, 5.41) is 0.0525. The molecular formula is C9H12BrNO3S. The fourth-order valence-electron chi connectivity index (χ4n) is 0.966. The van der Waals surface area contributed by atoms with Crippen molar-refractivity contribution in [3.63, 3.8) is 0 Å². The molecule has 6 heteroatoms. The number of halogens is 1. The van der Waals surface area contributed by atoms with Crippen molar-refractivity contribution in [3.05, 3.63) is 16.6 Å². The van der Waals surface area contributed by atoms with Gasteiger partial charge in [-0.1, -0.05) is 6.92 Å². The number of aromatic nitrogens is 1. The number of hydrogen-bond donors (Lipinski definition) is 0. The second kappa shape index (κ2) is 4.94. The molecule has 4 nitrogen and oxygen atoms in total. The van der Waals surface area contributed by atoms with Gasteiger partial charge in [-0.15, -0.1) is 0 Å². The number of ether oxygens (including phenoxy) is 1. The zero-order valence-corrected chi connectivity index (χ0v) is 10.9. The maximum atomic E-state index is 11.5. The molecule has 0 N–H and O–H groups in total. The lowest BCUT2D eigenvalue weighted by Gasteiger charge is -2.06. The number of sulfone groups is 1. The Balaban J connectivity index is 3.19. The van der Waals surface area contributed by atoms with Crippen LogP contribution in [0.4, 0.5) is 0 Å². The largest absolute Gasteiger partial charge is 0.477 e. The Morgan fingerprint density at radius 1 is 1.40 bits per heavy atom. The van der Waals surface area contributed by atoms with E-state index in [4.69, 9.17) is 4.74 Å². The van der Waals surface area contributed by atoms with Crippen LogP contribution < -0.4 is 4.74 Å². The summed E-state index contributed by atoms with van der Waals surface area (Å²) < 4.78 is 28.9. The number of rotatable bonds is 4. The average Bonchev–Trinajstić information content (AvgIpc) is 2.21. The Kier molecular flexibility index (Phi) is 4.10. The first-order chi connectivity index (χ1) is 7.01. The van der Waals surface area contributed by atoms with E-state index in [1.807, 2.05) is 6.92 Å². The molecule has 0 aliphatic rings. The van der Waals surface area contributed by atoms with Gasteiger partial charge in [0.05, 0.1) is 16.8 Å². The predicted molar refractivity (Wildman–Crippen MR) is 60.8 cm³/mol. The first kappa shape index (κ1) is 12.4. The van der Waals surface area contributed by atoms with E-state index in [1.165, 1.54) is 6.07 Å². The Morgan fingerprint density at radius 3 is 2.60 bits per heavy atom. The third-order valence-electron chi connectivity index (χ3n) is 1.77. The minimum atomic E-state index is -3.27. The van der Waals surface area contributed by atoms with E-state index in [0.717, 1.165) is 0 Å². The molecule has 0 saturated carbocycles. The average molecular weight is 294 g/mol. The van der Waals surface area contributed by atoms with Crippen molar-refractivity contribution in [3.8, 4) is 5.88 Å². The molecule has 1 heterocycles.